The molecule has 1 aromatic heterocycles. The molecule has 2 N–H and O–H groups in total. The minimum atomic E-state index is -0.375. The third-order valence-electron chi connectivity index (χ3n) is 4.55. The fourth-order valence-corrected chi connectivity index (χ4v) is 3.87. The first-order chi connectivity index (χ1) is 13.9. The summed E-state index contributed by atoms with van der Waals surface area (Å²) >= 11 is 1.47. The number of rotatable bonds is 7. The summed E-state index contributed by atoms with van der Waals surface area (Å²) in [7, 11) is 0. The maximum atomic E-state index is 12.6. The van der Waals surface area contributed by atoms with E-state index in [0.717, 1.165) is 22.4 Å². The van der Waals surface area contributed by atoms with Crippen molar-refractivity contribution in [2.24, 2.45) is 0 Å². The number of carbonyl (C=O) groups is 2. The van der Waals surface area contributed by atoms with E-state index in [2.05, 4.69) is 46.8 Å². The van der Waals surface area contributed by atoms with E-state index in [-0.39, 0.29) is 24.3 Å². The zero-order valence-electron chi connectivity index (χ0n) is 16.9. The molecule has 2 amide bonds. The van der Waals surface area contributed by atoms with Crippen LogP contribution in [0.1, 0.15) is 46.5 Å². The van der Waals surface area contributed by atoms with Gasteiger partial charge in [0.05, 0.1) is 12.5 Å². The van der Waals surface area contributed by atoms with Crippen molar-refractivity contribution in [2.75, 3.05) is 5.32 Å². The molecular weight excluding hydrogens is 382 g/mol. The van der Waals surface area contributed by atoms with Gasteiger partial charge in [-0.25, -0.2) is 4.98 Å². The summed E-state index contributed by atoms with van der Waals surface area (Å²) in [4.78, 5) is 29.5. The highest BCUT2D eigenvalue weighted by atomic mass is 32.1. The normalized spacial score (nSPS) is 11.7. The zero-order valence-corrected chi connectivity index (χ0v) is 17.7. The Kier molecular flexibility index (Phi) is 6.77. The van der Waals surface area contributed by atoms with E-state index in [1.165, 1.54) is 29.4 Å². The first kappa shape index (κ1) is 20.7. The fraction of sp³-hybridized carbons (Fsp3) is 0.261. The highest BCUT2D eigenvalue weighted by Crippen LogP contribution is 2.23. The number of hydrogen-bond acceptors (Lipinski definition) is 4. The van der Waals surface area contributed by atoms with Gasteiger partial charge in [-0.1, -0.05) is 59.7 Å². The van der Waals surface area contributed by atoms with Crippen molar-refractivity contribution in [1.82, 2.24) is 10.3 Å². The van der Waals surface area contributed by atoms with Crippen LogP contribution in [0.4, 0.5) is 5.13 Å². The molecule has 29 heavy (non-hydrogen) atoms. The molecule has 6 heteroatoms. The summed E-state index contributed by atoms with van der Waals surface area (Å²) < 4.78 is 0. The molecule has 1 atom stereocenters. The van der Waals surface area contributed by atoms with Crippen LogP contribution in [0.3, 0.4) is 0 Å². The lowest BCUT2D eigenvalue weighted by molar-refractivity contribution is -0.120. The SMILES string of the molecule is CC(=O)NC(CC(=O)Nc1ncc(Cc2ccc(C)cc2)s1)c1ccc(C)cc1. The Labute approximate surface area is 175 Å². The van der Waals surface area contributed by atoms with Crippen molar-refractivity contribution in [2.45, 2.75) is 39.7 Å². The Hall–Kier alpha value is -2.99. The molecule has 1 unspecified atom stereocenters. The summed E-state index contributed by atoms with van der Waals surface area (Å²) in [6.45, 7) is 5.52. The Morgan fingerprint density at radius 1 is 1.00 bits per heavy atom. The summed E-state index contributed by atoms with van der Waals surface area (Å²) in [6.07, 6.45) is 2.73. The third-order valence-corrected chi connectivity index (χ3v) is 5.46. The largest absolute Gasteiger partial charge is 0.349 e. The zero-order chi connectivity index (χ0) is 20.8. The first-order valence-electron chi connectivity index (χ1n) is 9.53. The molecule has 150 valence electrons. The van der Waals surface area contributed by atoms with E-state index >= 15 is 0 Å². The van der Waals surface area contributed by atoms with Crippen LogP contribution in [0.5, 0.6) is 0 Å². The van der Waals surface area contributed by atoms with Gasteiger partial charge in [-0.05, 0) is 25.0 Å². The van der Waals surface area contributed by atoms with E-state index in [9.17, 15) is 9.59 Å². The number of nitrogens with one attached hydrogen (secondary N) is 2. The van der Waals surface area contributed by atoms with Crippen LogP contribution < -0.4 is 10.6 Å². The molecule has 3 rings (SSSR count). The number of aromatic nitrogens is 1. The maximum absolute atomic E-state index is 12.6. The molecule has 3 aromatic rings. The van der Waals surface area contributed by atoms with Crippen LogP contribution in [0, 0.1) is 13.8 Å². The van der Waals surface area contributed by atoms with Crippen molar-refractivity contribution in [3.8, 4) is 0 Å². The molecule has 0 aliphatic carbocycles. The summed E-state index contributed by atoms with van der Waals surface area (Å²) in [5.74, 6) is -0.349. The number of benzene rings is 2. The number of nitrogens with zero attached hydrogens (tertiary/aromatic N) is 1. The van der Waals surface area contributed by atoms with E-state index in [0.29, 0.717) is 5.13 Å². The number of hydrogen-bond donors (Lipinski definition) is 2. The predicted molar refractivity (Wildman–Crippen MR) is 117 cm³/mol. The van der Waals surface area contributed by atoms with E-state index in [4.69, 9.17) is 0 Å². The Bertz CT molecular complexity index is 978. The average Bonchev–Trinajstić information content (AvgIpc) is 3.10. The van der Waals surface area contributed by atoms with E-state index < -0.39 is 0 Å². The average molecular weight is 408 g/mol. The molecule has 1 heterocycles. The van der Waals surface area contributed by atoms with Crippen molar-refractivity contribution < 1.29 is 9.59 Å². The van der Waals surface area contributed by atoms with Gasteiger partial charge in [0.25, 0.3) is 0 Å². The molecule has 0 saturated carbocycles. The smallest absolute Gasteiger partial charge is 0.228 e. The lowest BCUT2D eigenvalue weighted by Crippen LogP contribution is -2.29. The molecule has 0 saturated heterocycles. The molecule has 2 aromatic carbocycles. The highest BCUT2D eigenvalue weighted by Gasteiger charge is 2.18. The van der Waals surface area contributed by atoms with Gasteiger partial charge in [0.15, 0.2) is 5.13 Å². The number of aryl methyl sites for hydroxylation is 2. The molecule has 5 nitrogen and oxygen atoms in total. The van der Waals surface area contributed by atoms with E-state index in [1.807, 2.05) is 31.2 Å². The van der Waals surface area contributed by atoms with Gasteiger partial charge in [-0.15, -0.1) is 11.3 Å². The minimum absolute atomic E-state index is 0.148. The third kappa shape index (κ3) is 6.26. The number of anilines is 1. The quantitative estimate of drug-likeness (QED) is 0.603. The van der Waals surface area contributed by atoms with Gasteiger partial charge in [0.2, 0.25) is 11.8 Å². The number of thiazole rings is 1. The van der Waals surface area contributed by atoms with Crippen LogP contribution in [-0.2, 0) is 16.0 Å². The van der Waals surface area contributed by atoms with Crippen molar-refractivity contribution in [3.63, 3.8) is 0 Å². The topological polar surface area (TPSA) is 71.1 Å². The maximum Gasteiger partial charge on any atom is 0.228 e. The molecule has 0 radical (unpaired) electrons. The fourth-order valence-electron chi connectivity index (χ4n) is 3.01. The predicted octanol–water partition coefficient (Wildman–Crippen LogP) is 4.56. The Morgan fingerprint density at radius 3 is 2.24 bits per heavy atom. The standard InChI is InChI=1S/C23H25N3O2S/c1-15-4-8-18(9-5-15)12-20-14-24-23(29-20)26-22(28)13-21(25-17(3)27)19-10-6-16(2)7-11-19/h4-11,14,21H,12-13H2,1-3H3,(H,25,27)(H,24,26,28). The van der Waals surface area contributed by atoms with Crippen LogP contribution >= 0.6 is 11.3 Å². The second kappa shape index (κ2) is 9.47. The van der Waals surface area contributed by atoms with Crippen LogP contribution in [0.15, 0.2) is 54.7 Å². The van der Waals surface area contributed by atoms with Gasteiger partial charge >= 0.3 is 0 Å². The van der Waals surface area contributed by atoms with Crippen LogP contribution in [-0.4, -0.2) is 16.8 Å². The molecule has 0 bridgehead atoms. The van der Waals surface area contributed by atoms with Gasteiger partial charge in [0.1, 0.15) is 0 Å². The lowest BCUT2D eigenvalue weighted by Gasteiger charge is -2.18. The minimum Gasteiger partial charge on any atom is -0.349 e. The number of amides is 2. The van der Waals surface area contributed by atoms with Crippen molar-refractivity contribution >= 4 is 28.3 Å². The Balaban J connectivity index is 1.62. The molecule has 0 fully saturated rings. The van der Waals surface area contributed by atoms with Crippen LogP contribution in [0.2, 0.25) is 0 Å². The number of carbonyl (C=O) groups excluding carboxylic acids is 2. The van der Waals surface area contributed by atoms with E-state index in [1.54, 1.807) is 6.20 Å². The van der Waals surface area contributed by atoms with Crippen molar-refractivity contribution in [1.29, 1.82) is 0 Å². The van der Waals surface area contributed by atoms with Crippen LogP contribution in [0.25, 0.3) is 0 Å². The monoisotopic (exact) mass is 407 g/mol. The summed E-state index contributed by atoms with van der Waals surface area (Å²) in [5.41, 5.74) is 4.47. The van der Waals surface area contributed by atoms with Crippen molar-refractivity contribution in [3.05, 3.63) is 81.9 Å². The lowest BCUT2D eigenvalue weighted by atomic mass is 10.0. The van der Waals surface area contributed by atoms with Gasteiger partial charge in [-0.3, -0.25) is 9.59 Å². The molecule has 0 aliphatic heterocycles. The summed E-state index contributed by atoms with van der Waals surface area (Å²) in [5, 5.41) is 6.29. The second-order valence-corrected chi connectivity index (χ2v) is 8.33. The van der Waals surface area contributed by atoms with Gasteiger partial charge < -0.3 is 10.6 Å². The van der Waals surface area contributed by atoms with Gasteiger partial charge in [-0.2, -0.15) is 0 Å². The summed E-state index contributed by atoms with van der Waals surface area (Å²) in [6, 6.07) is 15.8. The van der Waals surface area contributed by atoms with Gasteiger partial charge in [0, 0.05) is 24.4 Å². The second-order valence-electron chi connectivity index (χ2n) is 7.21. The molecular formula is C23H25N3O2S. The first-order valence-corrected chi connectivity index (χ1v) is 10.3. The Morgan fingerprint density at radius 2 is 1.62 bits per heavy atom. The molecule has 0 aliphatic rings. The molecule has 0 spiro atoms. The highest BCUT2D eigenvalue weighted by molar-refractivity contribution is 7.15.